The number of benzene rings is 2. The smallest absolute Gasteiger partial charge is 0.270 e. The largest absolute Gasteiger partial charge is 0.457 e. The molecule has 2 heterocycles. The van der Waals surface area contributed by atoms with Gasteiger partial charge in [0.2, 0.25) is 0 Å². The Morgan fingerprint density at radius 1 is 0.968 bits per heavy atom. The van der Waals surface area contributed by atoms with Crippen LogP contribution in [0.4, 0.5) is 5.69 Å². The average Bonchev–Trinajstić information content (AvgIpc) is 3.24. The summed E-state index contributed by atoms with van der Waals surface area (Å²) >= 11 is 8.92. The lowest BCUT2D eigenvalue weighted by atomic mass is 10.1. The van der Waals surface area contributed by atoms with Gasteiger partial charge in [-0.3, -0.25) is 19.4 Å². The van der Waals surface area contributed by atoms with Crippen LogP contribution in [-0.4, -0.2) is 28.4 Å². The topological polar surface area (TPSA) is 53.8 Å². The number of nitrogens with zero attached hydrogens (tertiary/aromatic N) is 2. The Morgan fingerprint density at radius 2 is 1.68 bits per heavy atom. The van der Waals surface area contributed by atoms with Crippen LogP contribution >= 0.6 is 28.1 Å². The summed E-state index contributed by atoms with van der Waals surface area (Å²) in [4.78, 5) is 29.3. The van der Waals surface area contributed by atoms with E-state index in [1.807, 2.05) is 55.5 Å². The molecule has 1 aromatic heterocycles. The minimum Gasteiger partial charge on any atom is -0.457 e. The maximum Gasteiger partial charge on any atom is 0.270 e. The molecule has 2 amide bonds. The van der Waals surface area contributed by atoms with Gasteiger partial charge < -0.3 is 4.42 Å². The van der Waals surface area contributed by atoms with Crippen molar-refractivity contribution >= 4 is 56.8 Å². The Morgan fingerprint density at radius 3 is 2.35 bits per heavy atom. The lowest BCUT2D eigenvalue weighted by Gasteiger charge is -2.36. The van der Waals surface area contributed by atoms with E-state index in [1.165, 1.54) is 15.9 Å². The van der Waals surface area contributed by atoms with Gasteiger partial charge in [-0.15, -0.1) is 0 Å². The molecule has 31 heavy (non-hydrogen) atoms. The Hall–Kier alpha value is -3.03. The first-order valence-electron chi connectivity index (χ1n) is 9.82. The van der Waals surface area contributed by atoms with Gasteiger partial charge in [-0.1, -0.05) is 53.2 Å². The molecule has 0 spiro atoms. The molecule has 0 saturated carbocycles. The molecule has 0 aliphatic carbocycles. The molecular weight excluding hydrogens is 476 g/mol. The van der Waals surface area contributed by atoms with E-state index in [9.17, 15) is 9.59 Å². The van der Waals surface area contributed by atoms with Crippen molar-refractivity contribution in [3.63, 3.8) is 0 Å². The summed E-state index contributed by atoms with van der Waals surface area (Å²) in [6.45, 7) is 2.38. The summed E-state index contributed by atoms with van der Waals surface area (Å²) in [5, 5.41) is 0.190. The summed E-state index contributed by atoms with van der Waals surface area (Å²) in [7, 11) is 0. The van der Waals surface area contributed by atoms with Crippen LogP contribution < -0.4 is 4.90 Å². The minimum absolute atomic E-state index is 0.0163. The lowest BCUT2D eigenvalue weighted by molar-refractivity contribution is -0.127. The number of thiocarbonyl (C=S) groups is 1. The fourth-order valence-electron chi connectivity index (χ4n) is 3.34. The summed E-state index contributed by atoms with van der Waals surface area (Å²) in [6.07, 6.45) is 2.21. The number of amides is 2. The molecule has 156 valence electrons. The van der Waals surface area contributed by atoms with Gasteiger partial charge in [-0.2, -0.15) is 0 Å². The molecule has 1 saturated heterocycles. The standard InChI is InChI=1S/C24H19BrN2O3S/c1-2-14-26-22(28)20(23(29)27(24(26)31)18-6-4-3-5-7-18)15-19-12-13-21(30-19)16-8-10-17(25)11-9-16/h3-13,15H,2,14H2,1H3/b20-15+. The number of para-hydroxylation sites is 1. The number of halogens is 1. The molecule has 0 radical (unpaired) electrons. The zero-order valence-electron chi connectivity index (χ0n) is 16.7. The Labute approximate surface area is 194 Å². The molecule has 1 aliphatic rings. The molecule has 0 bridgehead atoms. The van der Waals surface area contributed by atoms with Gasteiger partial charge >= 0.3 is 0 Å². The molecule has 4 rings (SSSR count). The van der Waals surface area contributed by atoms with Crippen molar-refractivity contribution in [1.29, 1.82) is 0 Å². The molecule has 0 atom stereocenters. The summed E-state index contributed by atoms with van der Waals surface area (Å²) in [5.41, 5.74) is 1.53. The highest BCUT2D eigenvalue weighted by Crippen LogP contribution is 2.28. The molecular formula is C24H19BrN2O3S. The van der Waals surface area contributed by atoms with Gasteiger partial charge in [0.1, 0.15) is 17.1 Å². The van der Waals surface area contributed by atoms with Crippen LogP contribution in [0.5, 0.6) is 0 Å². The van der Waals surface area contributed by atoms with E-state index < -0.39 is 11.8 Å². The third-order valence-electron chi connectivity index (χ3n) is 4.83. The van der Waals surface area contributed by atoms with Crippen LogP contribution in [0.1, 0.15) is 19.1 Å². The molecule has 1 fully saturated rings. The van der Waals surface area contributed by atoms with E-state index in [-0.39, 0.29) is 10.7 Å². The second-order valence-corrected chi connectivity index (χ2v) is 8.26. The second-order valence-electron chi connectivity index (χ2n) is 6.98. The van der Waals surface area contributed by atoms with Crippen LogP contribution in [0.2, 0.25) is 0 Å². The first kappa shape index (κ1) is 21.2. The Balaban J connectivity index is 1.72. The van der Waals surface area contributed by atoms with Crippen molar-refractivity contribution < 1.29 is 14.0 Å². The van der Waals surface area contributed by atoms with Gasteiger partial charge in [0.25, 0.3) is 11.8 Å². The van der Waals surface area contributed by atoms with Gasteiger partial charge in [0.15, 0.2) is 5.11 Å². The SMILES string of the molecule is CCCN1C(=O)/C(=C\c2ccc(-c3ccc(Br)cc3)o2)C(=O)N(c2ccccc2)C1=S. The number of carbonyl (C=O) groups is 2. The number of furan rings is 1. The number of carbonyl (C=O) groups excluding carboxylic acids is 2. The quantitative estimate of drug-likeness (QED) is 0.260. The second kappa shape index (κ2) is 8.99. The predicted octanol–water partition coefficient (Wildman–Crippen LogP) is 5.66. The molecule has 0 N–H and O–H groups in total. The first-order chi connectivity index (χ1) is 15.0. The highest BCUT2D eigenvalue weighted by atomic mass is 79.9. The highest BCUT2D eigenvalue weighted by molar-refractivity contribution is 9.10. The number of hydrogen-bond acceptors (Lipinski definition) is 4. The number of hydrogen-bond donors (Lipinski definition) is 0. The fourth-order valence-corrected chi connectivity index (χ4v) is 3.97. The van der Waals surface area contributed by atoms with Crippen molar-refractivity contribution in [1.82, 2.24) is 4.90 Å². The van der Waals surface area contributed by atoms with Crippen LogP contribution in [0.15, 0.2) is 81.2 Å². The molecule has 1 aliphatic heterocycles. The van der Waals surface area contributed by atoms with Crippen LogP contribution in [0, 0.1) is 0 Å². The van der Waals surface area contributed by atoms with Crippen LogP contribution in [-0.2, 0) is 9.59 Å². The first-order valence-corrected chi connectivity index (χ1v) is 11.0. The van der Waals surface area contributed by atoms with Crippen molar-refractivity contribution in [2.45, 2.75) is 13.3 Å². The number of anilines is 1. The van der Waals surface area contributed by atoms with Crippen molar-refractivity contribution in [3.8, 4) is 11.3 Å². The van der Waals surface area contributed by atoms with E-state index >= 15 is 0 Å². The summed E-state index contributed by atoms with van der Waals surface area (Å²) in [5.74, 6) is 0.198. The van der Waals surface area contributed by atoms with Crippen molar-refractivity contribution in [2.75, 3.05) is 11.4 Å². The molecule has 3 aromatic rings. The van der Waals surface area contributed by atoms with E-state index in [0.717, 1.165) is 10.0 Å². The zero-order chi connectivity index (χ0) is 22.0. The predicted molar refractivity (Wildman–Crippen MR) is 128 cm³/mol. The molecule has 2 aromatic carbocycles. The average molecular weight is 495 g/mol. The normalized spacial score (nSPS) is 15.8. The maximum absolute atomic E-state index is 13.3. The fraction of sp³-hybridized carbons (Fsp3) is 0.125. The lowest BCUT2D eigenvalue weighted by Crippen LogP contribution is -2.56. The monoisotopic (exact) mass is 494 g/mol. The van der Waals surface area contributed by atoms with Gasteiger partial charge in [-0.05, 0) is 61.1 Å². The van der Waals surface area contributed by atoms with E-state index in [0.29, 0.717) is 30.2 Å². The molecule has 7 heteroatoms. The Bertz CT molecular complexity index is 1170. The Kier molecular flexibility index (Phi) is 6.15. The third kappa shape index (κ3) is 4.24. The van der Waals surface area contributed by atoms with Gasteiger partial charge in [0.05, 0.1) is 5.69 Å². The molecule has 0 unspecified atom stereocenters. The summed E-state index contributed by atoms with van der Waals surface area (Å²) in [6, 6.07) is 20.4. The summed E-state index contributed by atoms with van der Waals surface area (Å²) < 4.78 is 6.87. The van der Waals surface area contributed by atoms with E-state index in [1.54, 1.807) is 18.2 Å². The van der Waals surface area contributed by atoms with Crippen LogP contribution in [0.3, 0.4) is 0 Å². The third-order valence-corrected chi connectivity index (χ3v) is 5.77. The van der Waals surface area contributed by atoms with E-state index in [4.69, 9.17) is 16.6 Å². The van der Waals surface area contributed by atoms with E-state index in [2.05, 4.69) is 15.9 Å². The maximum atomic E-state index is 13.3. The highest BCUT2D eigenvalue weighted by Gasteiger charge is 2.40. The van der Waals surface area contributed by atoms with Crippen molar-refractivity contribution in [2.24, 2.45) is 0 Å². The van der Waals surface area contributed by atoms with Gasteiger partial charge in [-0.25, -0.2) is 0 Å². The van der Waals surface area contributed by atoms with Gasteiger partial charge in [0, 0.05) is 16.6 Å². The van der Waals surface area contributed by atoms with Crippen molar-refractivity contribution in [3.05, 3.63) is 82.5 Å². The molecule has 5 nitrogen and oxygen atoms in total. The zero-order valence-corrected chi connectivity index (χ0v) is 19.2. The minimum atomic E-state index is -0.463. The van der Waals surface area contributed by atoms with Crippen LogP contribution in [0.25, 0.3) is 17.4 Å². The number of rotatable bonds is 5.